The zero-order valence-corrected chi connectivity index (χ0v) is 10.8. The van der Waals surface area contributed by atoms with Crippen molar-refractivity contribution in [1.29, 1.82) is 0 Å². The first-order chi connectivity index (χ1) is 7.49. The number of nitrogens with one attached hydrogen (secondary N) is 1. The molecule has 16 heavy (non-hydrogen) atoms. The van der Waals surface area contributed by atoms with Gasteiger partial charge in [0.2, 0.25) is 0 Å². The lowest BCUT2D eigenvalue weighted by Crippen LogP contribution is -2.39. The van der Waals surface area contributed by atoms with Gasteiger partial charge in [-0.15, -0.1) is 0 Å². The SMILES string of the molecule is COCCOCC(CCCS(C)(=O)=O)NN. The lowest BCUT2D eigenvalue weighted by atomic mass is 10.2. The van der Waals surface area contributed by atoms with Gasteiger partial charge in [0, 0.05) is 25.2 Å². The molecule has 6 nitrogen and oxygen atoms in total. The molecule has 0 rings (SSSR count). The number of ether oxygens (including phenoxy) is 2. The monoisotopic (exact) mass is 254 g/mol. The molecule has 0 radical (unpaired) electrons. The van der Waals surface area contributed by atoms with E-state index in [0.717, 1.165) is 0 Å². The zero-order valence-electron chi connectivity index (χ0n) is 9.94. The topological polar surface area (TPSA) is 90.6 Å². The number of methoxy groups -OCH3 is 1. The van der Waals surface area contributed by atoms with E-state index >= 15 is 0 Å². The number of hydrogen-bond donors (Lipinski definition) is 2. The molecular weight excluding hydrogens is 232 g/mol. The van der Waals surface area contributed by atoms with E-state index in [0.29, 0.717) is 32.7 Å². The average molecular weight is 254 g/mol. The van der Waals surface area contributed by atoms with Crippen molar-refractivity contribution in [3.63, 3.8) is 0 Å². The molecular formula is C9H22N2O4S. The minimum Gasteiger partial charge on any atom is -0.382 e. The van der Waals surface area contributed by atoms with E-state index in [1.807, 2.05) is 0 Å². The standard InChI is InChI=1S/C9H22N2O4S/c1-14-5-6-15-8-9(11-10)4-3-7-16(2,12)13/h9,11H,3-8,10H2,1-2H3. The van der Waals surface area contributed by atoms with Gasteiger partial charge < -0.3 is 9.47 Å². The highest BCUT2D eigenvalue weighted by Gasteiger charge is 2.09. The van der Waals surface area contributed by atoms with Crippen LogP contribution in [0, 0.1) is 0 Å². The maximum absolute atomic E-state index is 10.9. The molecule has 0 aliphatic carbocycles. The Morgan fingerprint density at radius 3 is 2.56 bits per heavy atom. The van der Waals surface area contributed by atoms with Crippen molar-refractivity contribution in [2.75, 3.05) is 38.9 Å². The van der Waals surface area contributed by atoms with Gasteiger partial charge in [0.1, 0.15) is 9.84 Å². The molecule has 0 bridgehead atoms. The normalized spacial score (nSPS) is 13.9. The molecule has 0 saturated carbocycles. The maximum Gasteiger partial charge on any atom is 0.147 e. The molecule has 0 aromatic rings. The summed E-state index contributed by atoms with van der Waals surface area (Å²) in [4.78, 5) is 0. The van der Waals surface area contributed by atoms with Crippen LogP contribution in [0.3, 0.4) is 0 Å². The van der Waals surface area contributed by atoms with Crippen molar-refractivity contribution >= 4 is 9.84 Å². The van der Waals surface area contributed by atoms with Crippen LogP contribution in [0.25, 0.3) is 0 Å². The molecule has 0 aliphatic rings. The summed E-state index contributed by atoms with van der Waals surface area (Å²) < 4.78 is 31.9. The highest BCUT2D eigenvalue weighted by Crippen LogP contribution is 2.00. The number of rotatable bonds is 10. The largest absolute Gasteiger partial charge is 0.382 e. The summed E-state index contributed by atoms with van der Waals surface area (Å²) in [7, 11) is -1.28. The fourth-order valence-electron chi connectivity index (χ4n) is 1.17. The molecule has 98 valence electrons. The third kappa shape index (κ3) is 10.3. The molecule has 0 aromatic heterocycles. The molecule has 0 aliphatic heterocycles. The molecule has 3 N–H and O–H groups in total. The van der Waals surface area contributed by atoms with Crippen LogP contribution in [-0.2, 0) is 19.3 Å². The van der Waals surface area contributed by atoms with E-state index in [2.05, 4.69) is 5.43 Å². The van der Waals surface area contributed by atoms with Crippen LogP contribution < -0.4 is 11.3 Å². The predicted octanol–water partition coefficient (Wildman–Crippen LogP) is -0.694. The number of hydrazine groups is 1. The molecule has 0 amide bonds. The smallest absolute Gasteiger partial charge is 0.147 e. The van der Waals surface area contributed by atoms with E-state index < -0.39 is 9.84 Å². The van der Waals surface area contributed by atoms with Crippen LogP contribution in [0.5, 0.6) is 0 Å². The Bertz CT molecular complexity index is 256. The van der Waals surface area contributed by atoms with Gasteiger partial charge in [-0.05, 0) is 12.8 Å². The molecule has 0 saturated heterocycles. The van der Waals surface area contributed by atoms with Crippen LogP contribution in [0.2, 0.25) is 0 Å². The number of hydrogen-bond acceptors (Lipinski definition) is 6. The quantitative estimate of drug-likeness (QED) is 0.304. The molecule has 1 atom stereocenters. The average Bonchev–Trinajstić information content (AvgIpc) is 2.20. The molecule has 7 heteroatoms. The summed E-state index contributed by atoms with van der Waals surface area (Å²) in [6.07, 6.45) is 2.49. The Morgan fingerprint density at radius 2 is 2.06 bits per heavy atom. The summed E-state index contributed by atoms with van der Waals surface area (Å²) >= 11 is 0. The lowest BCUT2D eigenvalue weighted by Gasteiger charge is -2.15. The fourth-order valence-corrected chi connectivity index (χ4v) is 1.87. The first kappa shape index (κ1) is 15.8. The second kappa shape index (κ2) is 8.89. The summed E-state index contributed by atoms with van der Waals surface area (Å²) in [5.41, 5.74) is 2.60. The fraction of sp³-hybridized carbons (Fsp3) is 1.00. The Labute approximate surface area is 97.4 Å². The van der Waals surface area contributed by atoms with Crippen LogP contribution in [0.4, 0.5) is 0 Å². The molecule has 0 spiro atoms. The summed E-state index contributed by atoms with van der Waals surface area (Å²) in [5, 5.41) is 0. The van der Waals surface area contributed by atoms with Gasteiger partial charge in [-0.2, -0.15) is 0 Å². The summed E-state index contributed by atoms with van der Waals surface area (Å²) in [5.74, 6) is 5.51. The maximum atomic E-state index is 10.9. The van der Waals surface area contributed by atoms with E-state index in [1.165, 1.54) is 6.26 Å². The van der Waals surface area contributed by atoms with Crippen LogP contribution >= 0.6 is 0 Å². The molecule has 1 unspecified atom stereocenters. The van der Waals surface area contributed by atoms with Crippen LogP contribution in [0.15, 0.2) is 0 Å². The van der Waals surface area contributed by atoms with E-state index in [4.69, 9.17) is 15.3 Å². The molecule has 0 fully saturated rings. The Kier molecular flexibility index (Phi) is 8.77. The highest BCUT2D eigenvalue weighted by atomic mass is 32.2. The predicted molar refractivity (Wildman–Crippen MR) is 62.8 cm³/mol. The first-order valence-corrected chi connectivity index (χ1v) is 7.26. The highest BCUT2D eigenvalue weighted by molar-refractivity contribution is 7.90. The van der Waals surface area contributed by atoms with Gasteiger partial charge in [-0.25, -0.2) is 8.42 Å². The Morgan fingerprint density at radius 1 is 1.38 bits per heavy atom. The van der Waals surface area contributed by atoms with Crippen molar-refractivity contribution in [1.82, 2.24) is 5.43 Å². The van der Waals surface area contributed by atoms with Crippen molar-refractivity contribution in [3.05, 3.63) is 0 Å². The molecule has 0 aromatic carbocycles. The lowest BCUT2D eigenvalue weighted by molar-refractivity contribution is 0.0574. The van der Waals surface area contributed by atoms with Crippen molar-refractivity contribution in [3.8, 4) is 0 Å². The zero-order chi connectivity index (χ0) is 12.4. The molecule has 0 heterocycles. The number of sulfone groups is 1. The number of nitrogens with two attached hydrogens (primary N) is 1. The van der Waals surface area contributed by atoms with Gasteiger partial charge >= 0.3 is 0 Å². The minimum atomic E-state index is -2.89. The Hall–Kier alpha value is -0.210. The van der Waals surface area contributed by atoms with E-state index in [-0.39, 0.29) is 11.8 Å². The third-order valence-corrected chi connectivity index (χ3v) is 3.08. The summed E-state index contributed by atoms with van der Waals surface area (Å²) in [6.45, 7) is 1.52. The Balaban J connectivity index is 3.59. The van der Waals surface area contributed by atoms with Gasteiger partial charge in [-0.3, -0.25) is 11.3 Å². The minimum absolute atomic E-state index is 0.0152. The van der Waals surface area contributed by atoms with Crippen molar-refractivity contribution < 1.29 is 17.9 Å². The van der Waals surface area contributed by atoms with Crippen LogP contribution in [-0.4, -0.2) is 53.4 Å². The van der Waals surface area contributed by atoms with E-state index in [1.54, 1.807) is 7.11 Å². The third-order valence-electron chi connectivity index (χ3n) is 2.05. The van der Waals surface area contributed by atoms with Gasteiger partial charge in [-0.1, -0.05) is 0 Å². The first-order valence-electron chi connectivity index (χ1n) is 5.20. The summed E-state index contributed by atoms with van der Waals surface area (Å²) in [6, 6.07) is -0.0152. The van der Waals surface area contributed by atoms with Gasteiger partial charge in [0.25, 0.3) is 0 Å². The van der Waals surface area contributed by atoms with Gasteiger partial charge in [0.05, 0.1) is 19.8 Å². The van der Waals surface area contributed by atoms with Crippen molar-refractivity contribution in [2.45, 2.75) is 18.9 Å². The second-order valence-electron chi connectivity index (χ2n) is 3.70. The van der Waals surface area contributed by atoms with E-state index in [9.17, 15) is 8.42 Å². The van der Waals surface area contributed by atoms with Crippen LogP contribution in [0.1, 0.15) is 12.8 Å². The second-order valence-corrected chi connectivity index (χ2v) is 5.96. The van der Waals surface area contributed by atoms with Crippen molar-refractivity contribution in [2.24, 2.45) is 5.84 Å². The van der Waals surface area contributed by atoms with Gasteiger partial charge in [0.15, 0.2) is 0 Å².